The van der Waals surface area contributed by atoms with E-state index in [0.29, 0.717) is 18.9 Å². The van der Waals surface area contributed by atoms with E-state index in [2.05, 4.69) is 17.4 Å². The monoisotopic (exact) mass is 283 g/mol. The van der Waals surface area contributed by atoms with Gasteiger partial charge in [-0.2, -0.15) is 0 Å². The normalized spacial score (nSPS) is 11.4. The van der Waals surface area contributed by atoms with Gasteiger partial charge >= 0.3 is 6.03 Å². The summed E-state index contributed by atoms with van der Waals surface area (Å²) >= 11 is 0. The highest BCUT2D eigenvalue weighted by molar-refractivity contribution is 5.88. The molecule has 0 saturated heterocycles. The van der Waals surface area contributed by atoms with Crippen LogP contribution in [0.5, 0.6) is 0 Å². The van der Waals surface area contributed by atoms with Crippen molar-refractivity contribution in [3.63, 3.8) is 0 Å². The molecule has 0 radical (unpaired) electrons. The minimum absolute atomic E-state index is 0.0524. The van der Waals surface area contributed by atoms with Crippen molar-refractivity contribution in [2.75, 3.05) is 25.0 Å². The highest BCUT2D eigenvalue weighted by atomic mass is 16.5. The molecule has 0 saturated carbocycles. The van der Waals surface area contributed by atoms with E-state index in [1.165, 1.54) is 0 Å². The first-order valence-electron chi connectivity index (χ1n) is 7.02. The minimum atomic E-state index is -0.263. The van der Waals surface area contributed by atoms with Crippen LogP contribution in [0.2, 0.25) is 0 Å². The van der Waals surface area contributed by atoms with Crippen molar-refractivity contribution in [1.29, 1.82) is 0 Å². The first kappa shape index (κ1) is 16.5. The molecule has 20 heavy (non-hydrogen) atoms. The molecule has 6 heteroatoms. The number of anilines is 1. The summed E-state index contributed by atoms with van der Waals surface area (Å²) in [6, 6.07) is 1.47. The fourth-order valence-corrected chi connectivity index (χ4v) is 1.66. The van der Waals surface area contributed by atoms with E-state index >= 15 is 0 Å². The molecule has 2 N–H and O–H groups in total. The summed E-state index contributed by atoms with van der Waals surface area (Å²) in [4.78, 5) is 13.7. The van der Waals surface area contributed by atoms with Gasteiger partial charge in [0.05, 0.1) is 6.61 Å². The maximum absolute atomic E-state index is 12.1. The van der Waals surface area contributed by atoms with Gasteiger partial charge in [0.25, 0.3) is 0 Å². The van der Waals surface area contributed by atoms with Crippen LogP contribution in [0.25, 0.3) is 0 Å². The third-order valence-corrected chi connectivity index (χ3v) is 2.92. The van der Waals surface area contributed by atoms with Crippen molar-refractivity contribution in [3.05, 3.63) is 11.8 Å². The number of hydrogen-bond donors (Lipinski definition) is 2. The lowest BCUT2D eigenvalue weighted by atomic mass is 9.93. The first-order valence-corrected chi connectivity index (χ1v) is 7.02. The summed E-state index contributed by atoms with van der Waals surface area (Å²) in [5, 5.41) is 15.6. The van der Waals surface area contributed by atoms with Crippen molar-refractivity contribution >= 4 is 11.8 Å². The van der Waals surface area contributed by atoms with Crippen LogP contribution < -0.4 is 5.32 Å². The standard InChI is InChI=1S/C14H25N3O3/c1-5-6-7-17(8-9-18)13(19)15-12-10-11(20-16-12)14(2,3)4/h10,18H,5-9H2,1-4H3,(H,15,16,19). The van der Waals surface area contributed by atoms with Crippen LogP contribution in [0.4, 0.5) is 10.6 Å². The Kier molecular flexibility index (Phi) is 6.01. The van der Waals surface area contributed by atoms with Gasteiger partial charge in [-0.15, -0.1) is 0 Å². The second-order valence-electron chi connectivity index (χ2n) is 5.82. The molecular formula is C14H25N3O3. The molecule has 1 rings (SSSR count). The van der Waals surface area contributed by atoms with Crippen LogP contribution >= 0.6 is 0 Å². The Morgan fingerprint density at radius 1 is 1.45 bits per heavy atom. The van der Waals surface area contributed by atoms with Crippen molar-refractivity contribution in [2.24, 2.45) is 0 Å². The maximum atomic E-state index is 12.1. The van der Waals surface area contributed by atoms with E-state index < -0.39 is 0 Å². The van der Waals surface area contributed by atoms with Crippen LogP contribution in [-0.4, -0.2) is 40.9 Å². The third-order valence-electron chi connectivity index (χ3n) is 2.92. The Morgan fingerprint density at radius 2 is 2.15 bits per heavy atom. The molecule has 0 unspecified atom stereocenters. The van der Waals surface area contributed by atoms with E-state index in [0.717, 1.165) is 18.6 Å². The Morgan fingerprint density at radius 3 is 2.65 bits per heavy atom. The van der Waals surface area contributed by atoms with Crippen LogP contribution in [0.1, 0.15) is 46.3 Å². The lowest BCUT2D eigenvalue weighted by Crippen LogP contribution is -2.37. The van der Waals surface area contributed by atoms with Gasteiger partial charge < -0.3 is 14.5 Å². The number of carbonyl (C=O) groups excluding carboxylic acids is 1. The fraction of sp³-hybridized carbons (Fsp3) is 0.714. The Hall–Kier alpha value is -1.56. The van der Waals surface area contributed by atoms with Gasteiger partial charge in [0.15, 0.2) is 5.82 Å². The molecule has 0 bridgehead atoms. The number of hydrogen-bond acceptors (Lipinski definition) is 4. The van der Waals surface area contributed by atoms with Crippen LogP contribution in [-0.2, 0) is 5.41 Å². The first-order chi connectivity index (χ1) is 9.38. The molecular weight excluding hydrogens is 258 g/mol. The van der Waals surface area contributed by atoms with E-state index in [-0.39, 0.29) is 18.1 Å². The molecule has 1 aromatic heterocycles. The molecule has 0 atom stereocenters. The molecule has 0 fully saturated rings. The predicted octanol–water partition coefficient (Wildman–Crippen LogP) is 2.60. The van der Waals surface area contributed by atoms with E-state index in [1.54, 1.807) is 11.0 Å². The van der Waals surface area contributed by atoms with Crippen LogP contribution in [0, 0.1) is 0 Å². The number of nitrogens with zero attached hydrogens (tertiary/aromatic N) is 2. The van der Waals surface area contributed by atoms with Crippen molar-refractivity contribution in [1.82, 2.24) is 10.1 Å². The average molecular weight is 283 g/mol. The van der Waals surface area contributed by atoms with Gasteiger partial charge in [-0.1, -0.05) is 39.3 Å². The predicted molar refractivity (Wildman–Crippen MR) is 77.8 cm³/mol. The molecule has 0 aliphatic carbocycles. The highest BCUT2D eigenvalue weighted by Crippen LogP contribution is 2.24. The topological polar surface area (TPSA) is 78.6 Å². The number of aromatic nitrogens is 1. The number of aliphatic hydroxyl groups excluding tert-OH is 1. The summed E-state index contributed by atoms with van der Waals surface area (Å²) in [6.45, 7) is 8.98. The van der Waals surface area contributed by atoms with Gasteiger partial charge in [-0.25, -0.2) is 4.79 Å². The fourth-order valence-electron chi connectivity index (χ4n) is 1.66. The summed E-state index contributed by atoms with van der Waals surface area (Å²) < 4.78 is 5.22. The van der Waals surface area contributed by atoms with Crippen molar-refractivity contribution in [3.8, 4) is 0 Å². The summed E-state index contributed by atoms with van der Waals surface area (Å²) in [5.41, 5.74) is -0.150. The number of rotatable bonds is 6. The van der Waals surface area contributed by atoms with Crippen LogP contribution in [0.15, 0.2) is 10.6 Å². The smallest absolute Gasteiger partial charge is 0.323 e. The number of urea groups is 1. The minimum Gasteiger partial charge on any atom is -0.395 e. The Bertz CT molecular complexity index is 424. The lowest BCUT2D eigenvalue weighted by Gasteiger charge is -2.21. The molecule has 0 aromatic carbocycles. The molecule has 0 spiro atoms. The van der Waals surface area contributed by atoms with Crippen molar-refractivity contribution < 1.29 is 14.4 Å². The molecule has 6 nitrogen and oxygen atoms in total. The molecule has 1 aromatic rings. The second kappa shape index (κ2) is 7.28. The van der Waals surface area contributed by atoms with Gasteiger partial charge in [0, 0.05) is 24.6 Å². The van der Waals surface area contributed by atoms with Gasteiger partial charge in [0.2, 0.25) is 0 Å². The number of amides is 2. The zero-order valence-electron chi connectivity index (χ0n) is 12.8. The number of aliphatic hydroxyl groups is 1. The van der Waals surface area contributed by atoms with E-state index in [4.69, 9.17) is 9.63 Å². The maximum Gasteiger partial charge on any atom is 0.323 e. The van der Waals surface area contributed by atoms with E-state index in [9.17, 15) is 4.79 Å². The van der Waals surface area contributed by atoms with Crippen molar-refractivity contribution in [2.45, 2.75) is 46.0 Å². The van der Waals surface area contributed by atoms with Crippen LogP contribution in [0.3, 0.4) is 0 Å². The SMILES string of the molecule is CCCCN(CCO)C(=O)Nc1cc(C(C)(C)C)on1. The molecule has 0 aliphatic heterocycles. The van der Waals surface area contributed by atoms with Gasteiger partial charge in [0.1, 0.15) is 5.76 Å². The largest absolute Gasteiger partial charge is 0.395 e. The zero-order valence-corrected chi connectivity index (χ0v) is 12.8. The second-order valence-corrected chi connectivity index (χ2v) is 5.82. The molecule has 0 aliphatic rings. The summed E-state index contributed by atoms with van der Waals surface area (Å²) in [5.74, 6) is 1.12. The highest BCUT2D eigenvalue weighted by Gasteiger charge is 2.21. The number of carbonyl (C=O) groups is 1. The summed E-state index contributed by atoms with van der Waals surface area (Å²) in [6.07, 6.45) is 1.90. The average Bonchev–Trinajstić information content (AvgIpc) is 2.82. The Balaban J connectivity index is 2.65. The lowest BCUT2D eigenvalue weighted by molar-refractivity contribution is 0.187. The summed E-state index contributed by atoms with van der Waals surface area (Å²) in [7, 11) is 0. The molecule has 2 amide bonds. The number of unbranched alkanes of at least 4 members (excludes halogenated alkanes) is 1. The molecule has 114 valence electrons. The van der Waals surface area contributed by atoms with E-state index in [1.807, 2.05) is 20.8 Å². The van der Waals surface area contributed by atoms with Gasteiger partial charge in [-0.05, 0) is 6.42 Å². The Labute approximate surface area is 120 Å². The molecule has 1 heterocycles. The zero-order chi connectivity index (χ0) is 15.2. The van der Waals surface area contributed by atoms with Gasteiger partial charge in [-0.3, -0.25) is 5.32 Å². The third kappa shape index (κ3) is 4.85. The number of nitrogens with one attached hydrogen (secondary N) is 1. The quantitative estimate of drug-likeness (QED) is 0.841.